The Balaban J connectivity index is 2.12. The van der Waals surface area contributed by atoms with Crippen molar-refractivity contribution in [1.29, 1.82) is 0 Å². The van der Waals surface area contributed by atoms with E-state index in [1.165, 1.54) is 32.6 Å². The molecule has 1 fully saturated rings. The summed E-state index contributed by atoms with van der Waals surface area (Å²) >= 11 is 0. The number of nitrogens with zero attached hydrogens (tertiary/aromatic N) is 2. The van der Waals surface area contributed by atoms with Crippen molar-refractivity contribution in [3.63, 3.8) is 0 Å². The lowest BCUT2D eigenvalue weighted by Crippen LogP contribution is -2.49. The third-order valence-corrected chi connectivity index (χ3v) is 3.72. The van der Waals surface area contributed by atoms with E-state index in [-0.39, 0.29) is 6.10 Å². The third-order valence-electron chi connectivity index (χ3n) is 3.72. The van der Waals surface area contributed by atoms with E-state index in [1.54, 1.807) is 0 Å². The van der Waals surface area contributed by atoms with Gasteiger partial charge in [-0.1, -0.05) is 6.92 Å². The molecule has 0 aromatic heterocycles. The Morgan fingerprint density at radius 2 is 1.75 bits per heavy atom. The molecule has 1 heterocycles. The lowest BCUT2D eigenvalue weighted by molar-refractivity contribution is 0.0952. The van der Waals surface area contributed by atoms with Crippen LogP contribution in [0.4, 0.5) is 0 Å². The van der Waals surface area contributed by atoms with Crippen LogP contribution < -0.4 is 0 Å². The zero-order valence-corrected chi connectivity index (χ0v) is 11.2. The van der Waals surface area contributed by atoms with Crippen molar-refractivity contribution in [2.24, 2.45) is 0 Å². The summed E-state index contributed by atoms with van der Waals surface area (Å²) < 4.78 is 0. The molecule has 1 aliphatic heterocycles. The molecule has 16 heavy (non-hydrogen) atoms. The van der Waals surface area contributed by atoms with Gasteiger partial charge in [0.05, 0.1) is 6.10 Å². The molecule has 3 heteroatoms. The summed E-state index contributed by atoms with van der Waals surface area (Å²) in [6, 6.07) is 0.736. The van der Waals surface area contributed by atoms with Crippen LogP contribution in [0.3, 0.4) is 0 Å². The first-order chi connectivity index (χ1) is 7.63. The molecule has 1 saturated heterocycles. The lowest BCUT2D eigenvalue weighted by atomic mass is 10.1. The molecular formula is C13H28N2O. The SMILES string of the molecule is CCC(C)N1CCN(CCCC(C)O)CC1. The molecule has 1 aliphatic rings. The van der Waals surface area contributed by atoms with Crippen LogP contribution in [0.15, 0.2) is 0 Å². The molecule has 0 spiro atoms. The molecule has 0 saturated carbocycles. The van der Waals surface area contributed by atoms with Crippen LogP contribution in [0.1, 0.15) is 40.0 Å². The molecule has 0 radical (unpaired) electrons. The van der Waals surface area contributed by atoms with Gasteiger partial charge in [-0.2, -0.15) is 0 Å². The largest absolute Gasteiger partial charge is 0.393 e. The van der Waals surface area contributed by atoms with Crippen molar-refractivity contribution in [3.05, 3.63) is 0 Å². The Kier molecular flexibility index (Phi) is 6.32. The first kappa shape index (κ1) is 13.9. The number of aliphatic hydroxyl groups is 1. The van der Waals surface area contributed by atoms with Gasteiger partial charge in [0.2, 0.25) is 0 Å². The quantitative estimate of drug-likeness (QED) is 0.747. The topological polar surface area (TPSA) is 26.7 Å². The average Bonchev–Trinajstić information content (AvgIpc) is 2.28. The molecule has 0 aromatic carbocycles. The van der Waals surface area contributed by atoms with Gasteiger partial charge in [0.25, 0.3) is 0 Å². The standard InChI is InChI=1S/C13H28N2O/c1-4-12(2)15-10-8-14(9-11-15)7-5-6-13(3)16/h12-13,16H,4-11H2,1-3H3. The summed E-state index contributed by atoms with van der Waals surface area (Å²) in [6.45, 7) is 12.4. The molecule has 1 rings (SSSR count). The van der Waals surface area contributed by atoms with Gasteiger partial charge in [-0.05, 0) is 39.7 Å². The van der Waals surface area contributed by atoms with Crippen LogP contribution in [-0.4, -0.2) is 59.8 Å². The average molecular weight is 228 g/mol. The van der Waals surface area contributed by atoms with Gasteiger partial charge in [-0.25, -0.2) is 0 Å². The van der Waals surface area contributed by atoms with Crippen LogP contribution in [0.25, 0.3) is 0 Å². The lowest BCUT2D eigenvalue weighted by Gasteiger charge is -2.37. The Labute approximate surface area is 100 Å². The molecular weight excluding hydrogens is 200 g/mol. The second kappa shape index (κ2) is 7.25. The zero-order valence-electron chi connectivity index (χ0n) is 11.2. The second-order valence-corrected chi connectivity index (χ2v) is 5.13. The van der Waals surface area contributed by atoms with E-state index in [0.717, 1.165) is 25.4 Å². The first-order valence-corrected chi connectivity index (χ1v) is 6.78. The van der Waals surface area contributed by atoms with Crippen LogP contribution >= 0.6 is 0 Å². The van der Waals surface area contributed by atoms with Crippen molar-refractivity contribution < 1.29 is 5.11 Å². The summed E-state index contributed by atoms with van der Waals surface area (Å²) in [6.07, 6.45) is 3.18. The van der Waals surface area contributed by atoms with Gasteiger partial charge >= 0.3 is 0 Å². The third kappa shape index (κ3) is 4.81. The van der Waals surface area contributed by atoms with Crippen molar-refractivity contribution in [2.45, 2.75) is 52.2 Å². The van der Waals surface area contributed by atoms with Crippen LogP contribution in [0, 0.1) is 0 Å². The van der Waals surface area contributed by atoms with E-state index in [9.17, 15) is 5.11 Å². The van der Waals surface area contributed by atoms with E-state index >= 15 is 0 Å². The Bertz CT molecular complexity index is 177. The Hall–Kier alpha value is -0.120. The predicted molar refractivity (Wildman–Crippen MR) is 68.7 cm³/mol. The van der Waals surface area contributed by atoms with E-state index < -0.39 is 0 Å². The van der Waals surface area contributed by atoms with Gasteiger partial charge in [0.15, 0.2) is 0 Å². The highest BCUT2D eigenvalue weighted by atomic mass is 16.3. The van der Waals surface area contributed by atoms with Gasteiger partial charge in [0, 0.05) is 32.2 Å². The number of aliphatic hydroxyl groups excluding tert-OH is 1. The van der Waals surface area contributed by atoms with Crippen molar-refractivity contribution in [3.8, 4) is 0 Å². The van der Waals surface area contributed by atoms with Gasteiger partial charge < -0.3 is 10.0 Å². The molecule has 0 amide bonds. The summed E-state index contributed by atoms with van der Waals surface area (Å²) in [5.74, 6) is 0. The summed E-state index contributed by atoms with van der Waals surface area (Å²) in [4.78, 5) is 5.12. The van der Waals surface area contributed by atoms with Crippen LogP contribution in [0.2, 0.25) is 0 Å². The minimum absolute atomic E-state index is 0.138. The molecule has 96 valence electrons. The molecule has 0 aliphatic carbocycles. The number of hydrogen-bond donors (Lipinski definition) is 1. The normalized spacial score (nSPS) is 23.2. The minimum Gasteiger partial charge on any atom is -0.393 e. The molecule has 2 atom stereocenters. The molecule has 0 aromatic rings. The maximum absolute atomic E-state index is 9.20. The maximum Gasteiger partial charge on any atom is 0.0512 e. The van der Waals surface area contributed by atoms with Gasteiger partial charge in [-0.15, -0.1) is 0 Å². The maximum atomic E-state index is 9.20. The second-order valence-electron chi connectivity index (χ2n) is 5.13. The number of hydrogen-bond acceptors (Lipinski definition) is 3. The van der Waals surface area contributed by atoms with Crippen molar-refractivity contribution in [2.75, 3.05) is 32.7 Å². The van der Waals surface area contributed by atoms with Gasteiger partial charge in [0.1, 0.15) is 0 Å². The fourth-order valence-electron chi connectivity index (χ4n) is 2.30. The smallest absolute Gasteiger partial charge is 0.0512 e. The highest BCUT2D eigenvalue weighted by molar-refractivity contribution is 4.75. The van der Waals surface area contributed by atoms with Gasteiger partial charge in [-0.3, -0.25) is 4.90 Å². The highest BCUT2D eigenvalue weighted by Crippen LogP contribution is 2.09. The Morgan fingerprint density at radius 1 is 1.12 bits per heavy atom. The molecule has 2 unspecified atom stereocenters. The van der Waals surface area contributed by atoms with E-state index in [1.807, 2.05) is 6.92 Å². The first-order valence-electron chi connectivity index (χ1n) is 6.78. The minimum atomic E-state index is -0.138. The molecule has 0 bridgehead atoms. The van der Waals surface area contributed by atoms with Crippen LogP contribution in [-0.2, 0) is 0 Å². The predicted octanol–water partition coefficient (Wildman–Crippen LogP) is 1.56. The highest BCUT2D eigenvalue weighted by Gasteiger charge is 2.19. The summed E-state index contributed by atoms with van der Waals surface area (Å²) in [5.41, 5.74) is 0. The molecule has 1 N–H and O–H groups in total. The fraction of sp³-hybridized carbons (Fsp3) is 1.00. The van der Waals surface area contributed by atoms with Crippen LogP contribution in [0.5, 0.6) is 0 Å². The van der Waals surface area contributed by atoms with Crippen molar-refractivity contribution in [1.82, 2.24) is 9.80 Å². The van der Waals surface area contributed by atoms with Crippen molar-refractivity contribution >= 4 is 0 Å². The van der Waals surface area contributed by atoms with E-state index in [4.69, 9.17) is 0 Å². The van der Waals surface area contributed by atoms with E-state index in [2.05, 4.69) is 23.6 Å². The molecule has 3 nitrogen and oxygen atoms in total. The zero-order chi connectivity index (χ0) is 12.0. The van der Waals surface area contributed by atoms with E-state index in [0.29, 0.717) is 0 Å². The summed E-state index contributed by atoms with van der Waals surface area (Å²) in [7, 11) is 0. The Morgan fingerprint density at radius 3 is 2.25 bits per heavy atom. The fourth-order valence-corrected chi connectivity index (χ4v) is 2.30. The number of piperazine rings is 1. The monoisotopic (exact) mass is 228 g/mol. The summed E-state index contributed by atoms with van der Waals surface area (Å²) in [5, 5.41) is 9.20. The number of rotatable bonds is 6.